The smallest absolute Gasteiger partial charge is 0.251 e. The monoisotopic (exact) mass is 445 g/mol. The normalized spacial score (nSPS) is 19.2. The maximum absolute atomic E-state index is 12.9. The van der Waals surface area contributed by atoms with E-state index in [0.29, 0.717) is 24.0 Å². The van der Waals surface area contributed by atoms with Crippen molar-refractivity contribution < 1.29 is 13.2 Å². The molecule has 2 aliphatic rings. The van der Waals surface area contributed by atoms with Crippen molar-refractivity contribution in [1.29, 1.82) is 0 Å². The first-order chi connectivity index (χ1) is 14.9. The molecule has 0 bridgehead atoms. The van der Waals surface area contributed by atoms with E-state index >= 15 is 0 Å². The molecule has 2 aromatic rings. The van der Waals surface area contributed by atoms with Gasteiger partial charge in [0.15, 0.2) is 0 Å². The maximum atomic E-state index is 12.9. The minimum Gasteiger partial charge on any atom is -0.352 e. The first-order valence-electron chi connectivity index (χ1n) is 11.4. The molecule has 1 saturated heterocycles. The highest BCUT2D eigenvalue weighted by atomic mass is 32.2. The summed E-state index contributed by atoms with van der Waals surface area (Å²) in [7, 11) is -3.54. The van der Waals surface area contributed by atoms with Gasteiger partial charge in [0, 0.05) is 25.2 Å². The molecule has 7 nitrogen and oxygen atoms in total. The first-order valence-corrected chi connectivity index (χ1v) is 12.8. The van der Waals surface area contributed by atoms with Crippen LogP contribution in [-0.2, 0) is 21.4 Å². The Kier molecular flexibility index (Phi) is 6.77. The third-order valence-electron chi connectivity index (χ3n) is 6.44. The van der Waals surface area contributed by atoms with Gasteiger partial charge < -0.3 is 5.32 Å². The fourth-order valence-electron chi connectivity index (χ4n) is 4.70. The predicted molar refractivity (Wildman–Crippen MR) is 120 cm³/mol. The second kappa shape index (κ2) is 9.53. The number of hydrogen-bond donors (Lipinski definition) is 1. The lowest BCUT2D eigenvalue weighted by molar-refractivity contribution is -0.122. The Morgan fingerprint density at radius 1 is 0.935 bits per heavy atom. The summed E-state index contributed by atoms with van der Waals surface area (Å²) in [5.74, 6) is -0.172. The number of aromatic nitrogens is 1. The third kappa shape index (κ3) is 5.01. The Balaban J connectivity index is 1.55. The second-order valence-corrected chi connectivity index (χ2v) is 10.6. The SMILES string of the molecule is O=C(Cn1c(=O)ccc2cc(S(=O)(=O)N3CCCC3)ccc21)NC1CCCCCCC1. The standard InChI is InChI=1S/C23H31N3O4S/c27-22(24-19-8-4-2-1-3-5-9-19)17-26-21-12-11-20(16-18(21)10-13-23(26)28)31(29,30)25-14-6-7-15-25/h10-13,16,19H,1-9,14-15,17H2,(H,24,27). The summed E-state index contributed by atoms with van der Waals surface area (Å²) in [6.07, 6.45) is 9.63. The van der Waals surface area contributed by atoms with Crippen LogP contribution in [0.4, 0.5) is 0 Å². The molecule has 1 aliphatic heterocycles. The number of hydrogen-bond acceptors (Lipinski definition) is 4. The van der Waals surface area contributed by atoms with Gasteiger partial charge in [-0.15, -0.1) is 0 Å². The van der Waals surface area contributed by atoms with E-state index < -0.39 is 10.0 Å². The van der Waals surface area contributed by atoms with Crippen LogP contribution in [0.3, 0.4) is 0 Å². The lowest BCUT2D eigenvalue weighted by atomic mass is 9.97. The van der Waals surface area contributed by atoms with Gasteiger partial charge in [0.2, 0.25) is 15.9 Å². The number of rotatable bonds is 5. The third-order valence-corrected chi connectivity index (χ3v) is 8.33. The summed E-state index contributed by atoms with van der Waals surface area (Å²) >= 11 is 0. The van der Waals surface area contributed by atoms with Crippen molar-refractivity contribution in [2.24, 2.45) is 0 Å². The summed E-state index contributed by atoms with van der Waals surface area (Å²) < 4.78 is 28.7. The van der Waals surface area contributed by atoms with Gasteiger partial charge in [-0.25, -0.2) is 8.42 Å². The molecule has 0 radical (unpaired) electrons. The van der Waals surface area contributed by atoms with Crippen LogP contribution in [0.1, 0.15) is 57.8 Å². The molecule has 1 aliphatic carbocycles. The Hall–Kier alpha value is -2.19. The Morgan fingerprint density at radius 3 is 2.32 bits per heavy atom. The van der Waals surface area contributed by atoms with Crippen LogP contribution in [0.15, 0.2) is 40.0 Å². The summed E-state index contributed by atoms with van der Waals surface area (Å²) in [4.78, 5) is 25.4. The number of nitrogens with one attached hydrogen (secondary N) is 1. The van der Waals surface area contributed by atoms with Crippen molar-refractivity contribution in [1.82, 2.24) is 14.2 Å². The molecule has 0 spiro atoms. The van der Waals surface area contributed by atoms with Crippen LogP contribution < -0.4 is 10.9 Å². The number of amides is 1. The summed E-state index contributed by atoms with van der Waals surface area (Å²) in [6, 6.07) is 7.98. The fourth-order valence-corrected chi connectivity index (χ4v) is 6.25. The lowest BCUT2D eigenvalue weighted by Crippen LogP contribution is -2.39. The molecule has 0 unspecified atom stereocenters. The number of fused-ring (bicyclic) bond motifs is 1. The molecule has 8 heteroatoms. The number of pyridine rings is 1. The second-order valence-electron chi connectivity index (χ2n) is 8.70. The summed E-state index contributed by atoms with van der Waals surface area (Å²) in [5, 5.41) is 3.74. The molecule has 31 heavy (non-hydrogen) atoms. The van der Waals surface area contributed by atoms with Crippen molar-refractivity contribution in [3.63, 3.8) is 0 Å². The summed E-state index contributed by atoms with van der Waals surface area (Å²) in [6.45, 7) is 1.02. The predicted octanol–water partition coefficient (Wildman–Crippen LogP) is 3.02. The topological polar surface area (TPSA) is 88.5 Å². The number of carbonyl (C=O) groups is 1. The van der Waals surface area contributed by atoms with E-state index in [2.05, 4.69) is 5.32 Å². The van der Waals surface area contributed by atoms with Crippen molar-refractivity contribution >= 4 is 26.8 Å². The van der Waals surface area contributed by atoms with Gasteiger partial charge in [-0.3, -0.25) is 14.2 Å². The zero-order valence-electron chi connectivity index (χ0n) is 17.9. The minimum absolute atomic E-state index is 0.0646. The van der Waals surface area contributed by atoms with Crippen molar-refractivity contribution in [3.05, 3.63) is 40.7 Å². The highest BCUT2D eigenvalue weighted by Crippen LogP contribution is 2.24. The van der Waals surface area contributed by atoms with Gasteiger partial charge in [-0.05, 0) is 55.3 Å². The van der Waals surface area contributed by atoms with Gasteiger partial charge >= 0.3 is 0 Å². The Morgan fingerprint density at radius 2 is 1.61 bits per heavy atom. The van der Waals surface area contributed by atoms with E-state index in [0.717, 1.165) is 38.5 Å². The van der Waals surface area contributed by atoms with E-state index in [9.17, 15) is 18.0 Å². The molecule has 1 N–H and O–H groups in total. The lowest BCUT2D eigenvalue weighted by Gasteiger charge is -2.21. The Labute approximate surface area is 183 Å². The average molecular weight is 446 g/mol. The van der Waals surface area contributed by atoms with Gasteiger partial charge in [-0.2, -0.15) is 4.31 Å². The van der Waals surface area contributed by atoms with E-state index in [1.807, 2.05) is 0 Å². The molecule has 1 amide bonds. The van der Waals surface area contributed by atoms with Crippen LogP contribution in [0, 0.1) is 0 Å². The van der Waals surface area contributed by atoms with Crippen LogP contribution in [-0.4, -0.2) is 42.3 Å². The zero-order valence-corrected chi connectivity index (χ0v) is 18.7. The van der Waals surface area contributed by atoms with E-state index in [1.54, 1.807) is 24.3 Å². The molecule has 1 saturated carbocycles. The molecule has 2 fully saturated rings. The highest BCUT2D eigenvalue weighted by molar-refractivity contribution is 7.89. The van der Waals surface area contributed by atoms with Crippen molar-refractivity contribution in [2.45, 2.75) is 75.3 Å². The zero-order chi connectivity index (χ0) is 21.8. The minimum atomic E-state index is -3.54. The quantitative estimate of drug-likeness (QED) is 0.766. The van der Waals surface area contributed by atoms with E-state index in [-0.39, 0.29) is 28.9 Å². The maximum Gasteiger partial charge on any atom is 0.251 e. The van der Waals surface area contributed by atoms with Crippen LogP contribution in [0.5, 0.6) is 0 Å². The van der Waals surface area contributed by atoms with Gasteiger partial charge in [-0.1, -0.05) is 32.1 Å². The highest BCUT2D eigenvalue weighted by Gasteiger charge is 2.27. The van der Waals surface area contributed by atoms with Gasteiger partial charge in [0.25, 0.3) is 5.56 Å². The summed E-state index contributed by atoms with van der Waals surface area (Å²) in [5.41, 5.74) is 0.302. The van der Waals surface area contributed by atoms with Crippen LogP contribution >= 0.6 is 0 Å². The molecule has 1 aromatic heterocycles. The van der Waals surface area contributed by atoms with Crippen LogP contribution in [0.2, 0.25) is 0 Å². The van der Waals surface area contributed by atoms with Crippen molar-refractivity contribution in [2.75, 3.05) is 13.1 Å². The molecular weight excluding hydrogens is 414 g/mol. The first kappa shape index (κ1) is 22.0. The van der Waals surface area contributed by atoms with Gasteiger partial charge in [0.05, 0.1) is 10.4 Å². The number of sulfonamides is 1. The average Bonchev–Trinajstić information content (AvgIpc) is 3.27. The Bertz CT molecular complexity index is 1100. The molecule has 1 aromatic carbocycles. The van der Waals surface area contributed by atoms with Crippen LogP contribution in [0.25, 0.3) is 10.9 Å². The molecule has 168 valence electrons. The fraction of sp³-hybridized carbons (Fsp3) is 0.565. The molecule has 2 heterocycles. The van der Waals surface area contributed by atoms with E-state index in [4.69, 9.17) is 0 Å². The largest absolute Gasteiger partial charge is 0.352 e. The molecule has 4 rings (SSSR count). The number of benzene rings is 1. The molecule has 0 atom stereocenters. The molecular formula is C23H31N3O4S. The van der Waals surface area contributed by atoms with E-state index in [1.165, 1.54) is 34.2 Å². The number of nitrogens with zero attached hydrogens (tertiary/aromatic N) is 2. The van der Waals surface area contributed by atoms with Crippen molar-refractivity contribution in [3.8, 4) is 0 Å². The number of carbonyl (C=O) groups excluding carboxylic acids is 1. The van der Waals surface area contributed by atoms with Gasteiger partial charge in [0.1, 0.15) is 6.54 Å².